The van der Waals surface area contributed by atoms with Crippen LogP contribution in [-0.4, -0.2) is 44.7 Å². The Morgan fingerprint density at radius 3 is 2.14 bits per heavy atom. The van der Waals surface area contributed by atoms with E-state index in [0.29, 0.717) is 23.8 Å². The standard InChI is InChI=1S/C16H22N2O4/c1-9-12(7-10-3-4-10)18-15(2,13(19)20)16(17-9,14(21)22)8-11-5-6-11/h10-11H,3-8H2,1-2H3,(H,19,20)(H,21,22). The number of aliphatic imine (C=N–C) groups is 2. The molecule has 0 amide bonds. The summed E-state index contributed by atoms with van der Waals surface area (Å²) in [5.74, 6) is -1.60. The van der Waals surface area contributed by atoms with Crippen LogP contribution >= 0.6 is 0 Å². The molecule has 6 heteroatoms. The number of carboxylic acid groups (broad SMARTS) is 2. The van der Waals surface area contributed by atoms with E-state index in [9.17, 15) is 19.8 Å². The minimum absolute atomic E-state index is 0.242. The highest BCUT2D eigenvalue weighted by atomic mass is 16.4. The topological polar surface area (TPSA) is 99.3 Å². The van der Waals surface area contributed by atoms with Crippen molar-refractivity contribution in [2.45, 2.75) is 63.5 Å². The van der Waals surface area contributed by atoms with Gasteiger partial charge in [-0.25, -0.2) is 9.59 Å². The summed E-state index contributed by atoms with van der Waals surface area (Å²) in [6.45, 7) is 3.17. The normalized spacial score (nSPS) is 34.8. The first-order chi connectivity index (χ1) is 10.3. The predicted molar refractivity (Wildman–Crippen MR) is 81.6 cm³/mol. The quantitative estimate of drug-likeness (QED) is 0.785. The van der Waals surface area contributed by atoms with Crippen molar-refractivity contribution in [1.82, 2.24) is 0 Å². The van der Waals surface area contributed by atoms with Crippen LogP contribution in [0.5, 0.6) is 0 Å². The minimum atomic E-state index is -1.73. The van der Waals surface area contributed by atoms with E-state index in [2.05, 4.69) is 9.98 Å². The van der Waals surface area contributed by atoms with Gasteiger partial charge in [0.25, 0.3) is 0 Å². The molecule has 3 rings (SSSR count). The summed E-state index contributed by atoms with van der Waals surface area (Å²) in [4.78, 5) is 32.8. The molecule has 2 unspecified atom stereocenters. The van der Waals surface area contributed by atoms with Gasteiger partial charge in [-0.2, -0.15) is 0 Å². The van der Waals surface area contributed by atoms with Crippen LogP contribution in [0.3, 0.4) is 0 Å². The molecular formula is C16H22N2O4. The van der Waals surface area contributed by atoms with Crippen LogP contribution in [-0.2, 0) is 9.59 Å². The van der Waals surface area contributed by atoms with Gasteiger partial charge in [0.15, 0.2) is 11.1 Å². The van der Waals surface area contributed by atoms with Gasteiger partial charge in [0.05, 0.1) is 11.4 Å². The van der Waals surface area contributed by atoms with Gasteiger partial charge in [-0.05, 0) is 51.4 Å². The number of rotatable bonds is 6. The molecule has 6 nitrogen and oxygen atoms in total. The van der Waals surface area contributed by atoms with Crippen LogP contribution in [0.4, 0.5) is 0 Å². The summed E-state index contributed by atoms with van der Waals surface area (Å²) in [5.41, 5.74) is -2.16. The summed E-state index contributed by atoms with van der Waals surface area (Å²) in [6, 6.07) is 0. The summed E-state index contributed by atoms with van der Waals surface area (Å²) in [6.07, 6.45) is 5.10. The summed E-state index contributed by atoms with van der Waals surface area (Å²) < 4.78 is 0. The van der Waals surface area contributed by atoms with Gasteiger partial charge in [0.1, 0.15) is 0 Å². The van der Waals surface area contributed by atoms with E-state index in [1.165, 1.54) is 6.92 Å². The van der Waals surface area contributed by atoms with Crippen molar-refractivity contribution in [3.05, 3.63) is 0 Å². The molecule has 2 saturated carbocycles. The SMILES string of the molecule is CC1=NC(CC2CC2)(C(=O)O)C(C)(C(=O)O)N=C1CC1CC1. The molecule has 2 atom stereocenters. The molecule has 3 aliphatic rings. The highest BCUT2D eigenvalue weighted by Crippen LogP contribution is 2.46. The Morgan fingerprint density at radius 2 is 1.68 bits per heavy atom. The van der Waals surface area contributed by atoms with Gasteiger partial charge in [-0.15, -0.1) is 0 Å². The summed E-state index contributed by atoms with van der Waals surface area (Å²) >= 11 is 0. The van der Waals surface area contributed by atoms with Gasteiger partial charge in [0, 0.05) is 0 Å². The fraction of sp³-hybridized carbons (Fsp3) is 0.750. The molecule has 1 heterocycles. The van der Waals surface area contributed by atoms with E-state index in [1.54, 1.807) is 6.92 Å². The van der Waals surface area contributed by atoms with Gasteiger partial charge in [-0.1, -0.05) is 12.8 Å². The third kappa shape index (κ3) is 2.34. The lowest BCUT2D eigenvalue weighted by atomic mass is 9.73. The Labute approximate surface area is 129 Å². The Bertz CT molecular complexity index is 589. The fourth-order valence-electron chi connectivity index (χ4n) is 3.24. The van der Waals surface area contributed by atoms with Crippen LogP contribution in [0.25, 0.3) is 0 Å². The average molecular weight is 306 g/mol. The lowest BCUT2D eigenvalue weighted by Gasteiger charge is -2.41. The molecule has 0 aromatic heterocycles. The predicted octanol–water partition coefficient (Wildman–Crippen LogP) is 2.17. The van der Waals surface area contributed by atoms with Gasteiger partial charge >= 0.3 is 11.9 Å². The maximum atomic E-state index is 12.0. The molecule has 0 radical (unpaired) electrons. The van der Waals surface area contributed by atoms with Crippen molar-refractivity contribution >= 4 is 23.4 Å². The molecule has 120 valence electrons. The second-order valence-electron chi connectivity index (χ2n) is 7.09. The fourth-order valence-corrected chi connectivity index (χ4v) is 3.24. The maximum Gasteiger partial charge on any atom is 0.334 e. The Balaban J connectivity index is 2.05. The molecular weight excluding hydrogens is 284 g/mol. The highest BCUT2D eigenvalue weighted by Gasteiger charge is 2.62. The zero-order chi connectivity index (χ0) is 16.1. The van der Waals surface area contributed by atoms with E-state index in [1.807, 2.05) is 0 Å². The van der Waals surface area contributed by atoms with E-state index in [0.717, 1.165) is 25.7 Å². The largest absolute Gasteiger partial charge is 0.479 e. The lowest BCUT2D eigenvalue weighted by molar-refractivity contribution is -0.157. The van der Waals surface area contributed by atoms with Crippen molar-refractivity contribution in [2.75, 3.05) is 0 Å². The van der Waals surface area contributed by atoms with Crippen LogP contribution in [0.2, 0.25) is 0 Å². The molecule has 2 aliphatic carbocycles. The minimum Gasteiger partial charge on any atom is -0.479 e. The second kappa shape index (κ2) is 4.89. The van der Waals surface area contributed by atoms with Gasteiger partial charge in [0.2, 0.25) is 0 Å². The molecule has 0 saturated heterocycles. The number of carbonyl (C=O) groups is 2. The van der Waals surface area contributed by atoms with Gasteiger partial charge < -0.3 is 10.2 Å². The Kier molecular flexibility index (Phi) is 3.38. The smallest absolute Gasteiger partial charge is 0.334 e. The summed E-state index contributed by atoms with van der Waals surface area (Å²) in [7, 11) is 0. The number of nitrogens with zero attached hydrogens (tertiary/aromatic N) is 2. The monoisotopic (exact) mass is 306 g/mol. The molecule has 22 heavy (non-hydrogen) atoms. The summed E-state index contributed by atoms with van der Waals surface area (Å²) in [5, 5.41) is 19.5. The first kappa shape index (κ1) is 15.2. The molecule has 0 spiro atoms. The number of carboxylic acids is 2. The molecule has 1 aliphatic heterocycles. The first-order valence-electron chi connectivity index (χ1n) is 7.91. The highest BCUT2D eigenvalue weighted by molar-refractivity contribution is 6.43. The van der Waals surface area contributed by atoms with Gasteiger partial charge in [-0.3, -0.25) is 9.98 Å². The van der Waals surface area contributed by atoms with Crippen LogP contribution in [0.15, 0.2) is 9.98 Å². The van der Waals surface area contributed by atoms with Crippen molar-refractivity contribution in [3.63, 3.8) is 0 Å². The van der Waals surface area contributed by atoms with Crippen LogP contribution in [0, 0.1) is 11.8 Å². The zero-order valence-corrected chi connectivity index (χ0v) is 13.0. The Morgan fingerprint density at radius 1 is 1.09 bits per heavy atom. The van der Waals surface area contributed by atoms with Crippen molar-refractivity contribution in [1.29, 1.82) is 0 Å². The Hall–Kier alpha value is -1.72. The third-order valence-corrected chi connectivity index (χ3v) is 5.17. The van der Waals surface area contributed by atoms with Crippen molar-refractivity contribution in [2.24, 2.45) is 21.8 Å². The molecule has 2 N–H and O–H groups in total. The van der Waals surface area contributed by atoms with Crippen molar-refractivity contribution < 1.29 is 19.8 Å². The zero-order valence-electron chi connectivity index (χ0n) is 13.0. The van der Waals surface area contributed by atoms with Crippen molar-refractivity contribution in [3.8, 4) is 0 Å². The number of hydrogen-bond donors (Lipinski definition) is 2. The van der Waals surface area contributed by atoms with E-state index in [-0.39, 0.29) is 12.3 Å². The van der Waals surface area contributed by atoms with E-state index in [4.69, 9.17) is 0 Å². The van der Waals surface area contributed by atoms with Crippen LogP contribution < -0.4 is 0 Å². The lowest BCUT2D eigenvalue weighted by Crippen LogP contribution is -2.62. The molecule has 2 fully saturated rings. The maximum absolute atomic E-state index is 12.0. The average Bonchev–Trinajstić information content (AvgIpc) is 3.30. The second-order valence-corrected chi connectivity index (χ2v) is 7.09. The van der Waals surface area contributed by atoms with Crippen LogP contribution in [0.1, 0.15) is 52.4 Å². The molecule has 0 aromatic rings. The van der Waals surface area contributed by atoms with E-state index < -0.39 is 23.0 Å². The van der Waals surface area contributed by atoms with E-state index >= 15 is 0 Å². The molecule has 0 bridgehead atoms. The number of hydrogen-bond acceptors (Lipinski definition) is 4. The first-order valence-corrected chi connectivity index (χ1v) is 7.91. The number of aliphatic carboxylic acids is 2. The third-order valence-electron chi connectivity index (χ3n) is 5.17. The molecule has 0 aromatic carbocycles.